The minimum atomic E-state index is -0.0501. The van der Waals surface area contributed by atoms with E-state index in [0.717, 1.165) is 28.5 Å². The number of aromatic nitrogens is 5. The summed E-state index contributed by atoms with van der Waals surface area (Å²) in [6, 6.07) is 3.99. The van der Waals surface area contributed by atoms with Gasteiger partial charge < -0.3 is 14.2 Å². The molecule has 30 heavy (non-hydrogen) atoms. The van der Waals surface area contributed by atoms with Crippen molar-refractivity contribution in [2.24, 2.45) is 0 Å². The van der Waals surface area contributed by atoms with E-state index in [2.05, 4.69) is 28.5 Å². The molecule has 0 bridgehead atoms. The molecule has 8 heteroatoms. The number of ether oxygens (including phenoxy) is 1. The van der Waals surface area contributed by atoms with Gasteiger partial charge in [0.15, 0.2) is 11.6 Å². The van der Waals surface area contributed by atoms with Crippen LogP contribution in [0.3, 0.4) is 0 Å². The highest BCUT2D eigenvalue weighted by Gasteiger charge is 2.23. The Labute approximate surface area is 175 Å². The van der Waals surface area contributed by atoms with E-state index in [9.17, 15) is 4.79 Å². The highest BCUT2D eigenvalue weighted by molar-refractivity contribution is 6.06. The van der Waals surface area contributed by atoms with Crippen molar-refractivity contribution in [2.45, 2.75) is 33.4 Å². The maximum Gasteiger partial charge on any atom is 0.187 e. The van der Waals surface area contributed by atoms with Crippen molar-refractivity contribution < 1.29 is 9.53 Å². The first-order valence-corrected chi connectivity index (χ1v) is 9.99. The number of fused-ring (bicyclic) bond motifs is 3. The molecule has 0 N–H and O–H groups in total. The van der Waals surface area contributed by atoms with Gasteiger partial charge in [-0.1, -0.05) is 0 Å². The van der Waals surface area contributed by atoms with Crippen LogP contribution in [0.1, 0.15) is 35.8 Å². The van der Waals surface area contributed by atoms with E-state index in [1.807, 2.05) is 48.9 Å². The number of hydrogen-bond acceptors (Lipinski definition) is 6. The number of benzene rings is 1. The predicted octanol–water partition coefficient (Wildman–Crippen LogP) is 3.35. The quantitative estimate of drug-likeness (QED) is 0.478. The molecule has 3 heterocycles. The molecule has 0 aliphatic carbocycles. The van der Waals surface area contributed by atoms with Crippen LogP contribution < -0.4 is 4.74 Å². The second kappa shape index (κ2) is 7.78. The van der Waals surface area contributed by atoms with Crippen molar-refractivity contribution in [3.05, 3.63) is 48.1 Å². The first-order chi connectivity index (χ1) is 14.3. The summed E-state index contributed by atoms with van der Waals surface area (Å²) in [7, 11) is 3.77. The minimum absolute atomic E-state index is 0.0501. The summed E-state index contributed by atoms with van der Waals surface area (Å²) in [6.07, 6.45) is 6.87. The summed E-state index contributed by atoms with van der Waals surface area (Å²) in [5.74, 6) is 2.17. The first kappa shape index (κ1) is 19.9. The average Bonchev–Trinajstić information content (AvgIpc) is 3.31. The minimum Gasteiger partial charge on any atom is -0.491 e. The van der Waals surface area contributed by atoms with E-state index in [1.54, 1.807) is 18.6 Å². The van der Waals surface area contributed by atoms with E-state index in [4.69, 9.17) is 9.72 Å². The maximum atomic E-state index is 12.6. The number of carbonyl (C=O) groups excluding carboxylic acids is 1. The number of imidazole rings is 1. The Morgan fingerprint density at radius 2 is 2.07 bits per heavy atom. The molecule has 0 atom stereocenters. The highest BCUT2D eigenvalue weighted by atomic mass is 16.5. The van der Waals surface area contributed by atoms with E-state index >= 15 is 0 Å². The van der Waals surface area contributed by atoms with E-state index in [1.165, 1.54) is 0 Å². The predicted molar refractivity (Wildman–Crippen MR) is 114 cm³/mol. The number of hydrogen-bond donors (Lipinski definition) is 0. The Kier molecular flexibility index (Phi) is 5.15. The smallest absolute Gasteiger partial charge is 0.187 e. The molecule has 1 aliphatic heterocycles. The Morgan fingerprint density at radius 3 is 2.80 bits per heavy atom. The van der Waals surface area contributed by atoms with Crippen LogP contribution in [0, 0.1) is 6.92 Å². The van der Waals surface area contributed by atoms with Crippen LogP contribution in [0.5, 0.6) is 5.75 Å². The van der Waals surface area contributed by atoms with E-state index in [-0.39, 0.29) is 11.8 Å². The Bertz CT molecular complexity index is 1120. The largest absolute Gasteiger partial charge is 0.491 e. The summed E-state index contributed by atoms with van der Waals surface area (Å²) in [4.78, 5) is 23.8. The van der Waals surface area contributed by atoms with Crippen LogP contribution in [-0.4, -0.2) is 55.7 Å². The number of rotatable bonds is 5. The van der Waals surface area contributed by atoms with Crippen molar-refractivity contribution in [1.82, 2.24) is 29.2 Å². The van der Waals surface area contributed by atoms with E-state index in [0.29, 0.717) is 24.5 Å². The van der Waals surface area contributed by atoms with Crippen molar-refractivity contribution in [2.75, 3.05) is 20.7 Å². The Balaban J connectivity index is 1.77. The first-order valence-electron chi connectivity index (χ1n) is 9.99. The molecule has 0 radical (unpaired) electrons. The highest BCUT2D eigenvalue weighted by Crippen LogP contribution is 2.36. The molecule has 0 fully saturated rings. The second-order valence-corrected chi connectivity index (χ2v) is 7.92. The van der Waals surface area contributed by atoms with Gasteiger partial charge >= 0.3 is 0 Å². The second-order valence-electron chi connectivity index (χ2n) is 7.92. The fraction of sp³-hybridized carbons (Fsp3) is 0.364. The Hall–Kier alpha value is -3.42. The molecule has 156 valence electrons. The molecular formula is C22H26N6O2. The monoisotopic (exact) mass is 406 g/mol. The van der Waals surface area contributed by atoms with E-state index < -0.39 is 0 Å². The van der Waals surface area contributed by atoms with Crippen molar-refractivity contribution >= 4 is 5.78 Å². The fourth-order valence-electron chi connectivity index (χ4n) is 3.53. The molecule has 1 aromatic carbocycles. The number of carbonyl (C=O) groups is 1. The molecule has 4 rings (SSSR count). The lowest BCUT2D eigenvalue weighted by atomic mass is 10.00. The Morgan fingerprint density at radius 1 is 1.27 bits per heavy atom. The molecule has 2 aromatic heterocycles. The number of ketones is 1. The normalized spacial score (nSPS) is 13.1. The summed E-state index contributed by atoms with van der Waals surface area (Å²) < 4.78 is 9.91. The number of aryl methyl sites for hydroxylation is 1. The van der Waals surface area contributed by atoms with Gasteiger partial charge in [0.1, 0.15) is 30.2 Å². The summed E-state index contributed by atoms with van der Waals surface area (Å²) in [6.45, 7) is 7.22. The van der Waals surface area contributed by atoms with Crippen LogP contribution in [0.15, 0.2) is 36.9 Å². The molecule has 8 nitrogen and oxygen atoms in total. The van der Waals surface area contributed by atoms with Gasteiger partial charge in [-0.25, -0.2) is 14.6 Å². The maximum absolute atomic E-state index is 12.6. The molecule has 0 unspecified atom stereocenters. The third kappa shape index (κ3) is 3.60. The number of nitrogens with zero attached hydrogens (tertiary/aromatic N) is 6. The fourth-order valence-corrected chi connectivity index (χ4v) is 3.53. The van der Waals surface area contributed by atoms with Crippen LogP contribution in [0.2, 0.25) is 0 Å². The molecular weight excluding hydrogens is 380 g/mol. The topological polar surface area (TPSA) is 78.1 Å². The van der Waals surface area contributed by atoms with Crippen LogP contribution in [-0.2, 0) is 6.54 Å². The third-order valence-electron chi connectivity index (χ3n) is 5.01. The average molecular weight is 406 g/mol. The molecule has 0 saturated carbocycles. The van der Waals surface area contributed by atoms with Crippen LogP contribution in [0.25, 0.3) is 22.9 Å². The zero-order valence-corrected chi connectivity index (χ0v) is 18.0. The van der Waals surface area contributed by atoms with Gasteiger partial charge in [0.05, 0.1) is 12.1 Å². The van der Waals surface area contributed by atoms with Crippen LogP contribution >= 0.6 is 0 Å². The summed E-state index contributed by atoms with van der Waals surface area (Å²) in [5.41, 5.74) is 3.16. The molecule has 3 aromatic rings. The third-order valence-corrected chi connectivity index (χ3v) is 5.01. The molecule has 1 aliphatic rings. The molecule has 0 saturated heterocycles. The lowest BCUT2D eigenvalue weighted by Crippen LogP contribution is -2.06. The zero-order valence-electron chi connectivity index (χ0n) is 18.0. The van der Waals surface area contributed by atoms with Gasteiger partial charge in [0.25, 0.3) is 0 Å². The zero-order chi connectivity index (χ0) is 21.4. The lowest BCUT2D eigenvalue weighted by molar-refractivity contribution is 0.104. The van der Waals surface area contributed by atoms with Crippen molar-refractivity contribution in [1.29, 1.82) is 0 Å². The van der Waals surface area contributed by atoms with Gasteiger partial charge in [0, 0.05) is 44.2 Å². The van der Waals surface area contributed by atoms with Gasteiger partial charge in [-0.05, 0) is 38.5 Å². The van der Waals surface area contributed by atoms with Crippen molar-refractivity contribution in [3.63, 3.8) is 0 Å². The summed E-state index contributed by atoms with van der Waals surface area (Å²) >= 11 is 0. The molecule has 0 spiro atoms. The molecule has 0 amide bonds. The van der Waals surface area contributed by atoms with Crippen LogP contribution in [0.4, 0.5) is 0 Å². The van der Waals surface area contributed by atoms with Gasteiger partial charge in [-0.2, -0.15) is 5.10 Å². The van der Waals surface area contributed by atoms with Gasteiger partial charge in [0.2, 0.25) is 0 Å². The van der Waals surface area contributed by atoms with Gasteiger partial charge in [-0.3, -0.25) is 4.79 Å². The standard InChI is InChI=1S/C22H26N6O2/c1-14(2)28-22(23-13-24-28)18-12-27-8-9-30-20-11-16(19(29)6-7-26(4)5)15(3)10-17(20)21(27)25-18/h6-7,10-14H,8-9H2,1-5H3/b7-6+. The SMILES string of the molecule is Cc1cc2c(cc1C(=O)/C=C/N(C)C)OCCn1cc(-c3ncnn3C(C)C)nc1-2. The van der Waals surface area contributed by atoms with Crippen molar-refractivity contribution in [3.8, 4) is 28.7 Å². The number of allylic oxidation sites excluding steroid dienone is 1. The lowest BCUT2D eigenvalue weighted by Gasteiger charge is -2.11. The summed E-state index contributed by atoms with van der Waals surface area (Å²) in [5, 5.41) is 4.32. The van der Waals surface area contributed by atoms with Gasteiger partial charge in [-0.15, -0.1) is 0 Å².